The molecular formula is C20H22FNO4. The highest BCUT2D eigenvalue weighted by Gasteiger charge is 2.36. The van der Waals surface area contributed by atoms with Crippen LogP contribution in [0.15, 0.2) is 48.5 Å². The zero-order valence-corrected chi connectivity index (χ0v) is 14.7. The summed E-state index contributed by atoms with van der Waals surface area (Å²) >= 11 is 0. The molecule has 0 aliphatic carbocycles. The van der Waals surface area contributed by atoms with Crippen molar-refractivity contribution >= 4 is 5.91 Å². The van der Waals surface area contributed by atoms with Crippen LogP contribution in [0.2, 0.25) is 0 Å². The molecule has 2 aromatic carbocycles. The van der Waals surface area contributed by atoms with E-state index in [2.05, 4.69) is 0 Å². The Morgan fingerprint density at radius 3 is 2.73 bits per heavy atom. The van der Waals surface area contributed by atoms with Crippen LogP contribution in [0.4, 0.5) is 4.39 Å². The van der Waals surface area contributed by atoms with Crippen molar-refractivity contribution in [1.82, 2.24) is 4.90 Å². The number of piperidine rings is 1. The van der Waals surface area contributed by atoms with Gasteiger partial charge in [0.1, 0.15) is 29.5 Å². The maximum atomic E-state index is 13.0. The number of methoxy groups -OCH3 is 1. The monoisotopic (exact) mass is 359 g/mol. The zero-order chi connectivity index (χ0) is 18.6. The maximum absolute atomic E-state index is 13.0. The van der Waals surface area contributed by atoms with Gasteiger partial charge in [-0.15, -0.1) is 0 Å². The van der Waals surface area contributed by atoms with Crippen molar-refractivity contribution in [1.29, 1.82) is 0 Å². The summed E-state index contributed by atoms with van der Waals surface area (Å²) in [6.45, 7) is 0.805. The Balaban J connectivity index is 1.65. The molecule has 5 nitrogen and oxygen atoms in total. The van der Waals surface area contributed by atoms with E-state index in [-0.39, 0.29) is 24.9 Å². The number of hydrogen-bond donors (Lipinski definition) is 1. The summed E-state index contributed by atoms with van der Waals surface area (Å²) in [7, 11) is 1.55. The van der Waals surface area contributed by atoms with Crippen LogP contribution in [0.5, 0.6) is 11.5 Å². The van der Waals surface area contributed by atoms with Crippen LogP contribution < -0.4 is 9.47 Å². The lowest BCUT2D eigenvalue weighted by molar-refractivity contribution is -0.0532. The highest BCUT2D eigenvalue weighted by atomic mass is 19.1. The molecule has 0 spiro atoms. The van der Waals surface area contributed by atoms with Gasteiger partial charge in [0.15, 0.2) is 0 Å². The first-order chi connectivity index (χ1) is 12.5. The molecule has 1 heterocycles. The van der Waals surface area contributed by atoms with E-state index in [1.54, 1.807) is 36.3 Å². The van der Waals surface area contributed by atoms with E-state index in [0.717, 1.165) is 0 Å². The van der Waals surface area contributed by atoms with E-state index in [4.69, 9.17) is 9.47 Å². The van der Waals surface area contributed by atoms with Gasteiger partial charge in [0.25, 0.3) is 5.91 Å². The van der Waals surface area contributed by atoms with Crippen LogP contribution in [-0.2, 0) is 0 Å². The second-order valence-corrected chi connectivity index (χ2v) is 6.53. The number of likely N-dealkylation sites (tertiary alicyclic amines) is 1. The van der Waals surface area contributed by atoms with Gasteiger partial charge in [0, 0.05) is 12.1 Å². The quantitative estimate of drug-likeness (QED) is 0.892. The molecule has 1 fully saturated rings. The molecule has 26 heavy (non-hydrogen) atoms. The van der Waals surface area contributed by atoms with Gasteiger partial charge in [-0.25, -0.2) is 4.39 Å². The topological polar surface area (TPSA) is 59.0 Å². The predicted molar refractivity (Wildman–Crippen MR) is 95.0 cm³/mol. The van der Waals surface area contributed by atoms with Gasteiger partial charge in [-0.3, -0.25) is 4.79 Å². The van der Waals surface area contributed by atoms with Gasteiger partial charge in [-0.05, 0) is 55.3 Å². The summed E-state index contributed by atoms with van der Waals surface area (Å²) in [5.74, 6) is 0.603. The number of carbonyl (C=O) groups is 1. The van der Waals surface area contributed by atoms with Gasteiger partial charge in [0.2, 0.25) is 0 Å². The van der Waals surface area contributed by atoms with E-state index in [9.17, 15) is 14.3 Å². The molecule has 1 aliphatic heterocycles. The van der Waals surface area contributed by atoms with Crippen LogP contribution in [0.1, 0.15) is 23.2 Å². The highest BCUT2D eigenvalue weighted by molar-refractivity contribution is 5.94. The third kappa shape index (κ3) is 4.32. The van der Waals surface area contributed by atoms with Crippen molar-refractivity contribution < 1.29 is 23.8 Å². The minimum Gasteiger partial charge on any atom is -0.497 e. The predicted octanol–water partition coefficient (Wildman–Crippen LogP) is 2.88. The minimum absolute atomic E-state index is 0.0422. The molecule has 0 aromatic heterocycles. The second kappa shape index (κ2) is 7.74. The smallest absolute Gasteiger partial charge is 0.254 e. The summed E-state index contributed by atoms with van der Waals surface area (Å²) < 4.78 is 23.7. The van der Waals surface area contributed by atoms with E-state index in [1.165, 1.54) is 24.3 Å². The number of ether oxygens (including phenoxy) is 2. The number of hydrogen-bond acceptors (Lipinski definition) is 4. The molecule has 138 valence electrons. The van der Waals surface area contributed by atoms with Crippen molar-refractivity contribution in [3.63, 3.8) is 0 Å². The Kier molecular flexibility index (Phi) is 5.42. The molecule has 1 atom stereocenters. The summed E-state index contributed by atoms with van der Waals surface area (Å²) in [6.07, 6.45) is 1.22. The number of nitrogens with zero attached hydrogens (tertiary/aromatic N) is 1. The maximum Gasteiger partial charge on any atom is 0.254 e. The van der Waals surface area contributed by atoms with Crippen molar-refractivity contribution in [3.8, 4) is 11.5 Å². The van der Waals surface area contributed by atoms with Gasteiger partial charge in [0.05, 0.1) is 13.7 Å². The van der Waals surface area contributed by atoms with E-state index in [1.807, 2.05) is 0 Å². The fourth-order valence-electron chi connectivity index (χ4n) is 3.09. The van der Waals surface area contributed by atoms with Crippen LogP contribution in [0.3, 0.4) is 0 Å². The third-order valence-corrected chi connectivity index (χ3v) is 4.48. The molecule has 0 bridgehead atoms. The second-order valence-electron chi connectivity index (χ2n) is 6.53. The summed E-state index contributed by atoms with van der Waals surface area (Å²) in [4.78, 5) is 14.4. The lowest BCUT2D eigenvalue weighted by atomic mass is 9.93. The molecule has 1 N–H and O–H groups in total. The van der Waals surface area contributed by atoms with E-state index >= 15 is 0 Å². The van der Waals surface area contributed by atoms with E-state index < -0.39 is 5.60 Å². The lowest BCUT2D eigenvalue weighted by Crippen LogP contribution is -2.53. The zero-order valence-electron chi connectivity index (χ0n) is 14.7. The molecule has 0 radical (unpaired) electrons. The molecular weight excluding hydrogens is 337 g/mol. The van der Waals surface area contributed by atoms with Crippen molar-refractivity contribution in [3.05, 3.63) is 59.9 Å². The normalized spacial score (nSPS) is 19.9. The Morgan fingerprint density at radius 2 is 2.00 bits per heavy atom. The number of β-amino-alcohol motifs (C(OH)–C–C–N with tert-alkyl or cyclic N) is 1. The van der Waals surface area contributed by atoms with Gasteiger partial charge < -0.3 is 19.5 Å². The van der Waals surface area contributed by atoms with Crippen molar-refractivity contribution in [2.45, 2.75) is 18.4 Å². The molecule has 1 aliphatic rings. The Hall–Kier alpha value is -2.60. The largest absolute Gasteiger partial charge is 0.497 e. The molecule has 1 unspecified atom stereocenters. The SMILES string of the molecule is COc1cccc(C(=O)N2CCCC(O)(COc3ccc(F)cc3)C2)c1. The molecule has 1 saturated heterocycles. The Morgan fingerprint density at radius 1 is 1.23 bits per heavy atom. The standard InChI is InChI=1S/C20H22FNO4/c1-25-18-5-2-4-15(12-18)19(23)22-11-3-10-20(24,13-22)14-26-17-8-6-16(21)7-9-17/h2,4-9,12,24H,3,10-11,13-14H2,1H3. The van der Waals surface area contributed by atoms with Crippen LogP contribution in [0.25, 0.3) is 0 Å². The third-order valence-electron chi connectivity index (χ3n) is 4.48. The molecule has 1 amide bonds. The van der Waals surface area contributed by atoms with Gasteiger partial charge in [-0.1, -0.05) is 6.07 Å². The molecule has 3 rings (SSSR count). The molecule has 0 saturated carbocycles. The van der Waals surface area contributed by atoms with Gasteiger partial charge in [-0.2, -0.15) is 0 Å². The fourth-order valence-corrected chi connectivity index (χ4v) is 3.09. The molecule has 6 heteroatoms. The number of aliphatic hydroxyl groups is 1. The summed E-state index contributed by atoms with van der Waals surface area (Å²) in [6, 6.07) is 12.6. The van der Waals surface area contributed by atoms with Crippen LogP contribution in [0, 0.1) is 5.82 Å². The average molecular weight is 359 g/mol. The van der Waals surface area contributed by atoms with Crippen molar-refractivity contribution in [2.75, 3.05) is 26.8 Å². The van der Waals surface area contributed by atoms with Gasteiger partial charge >= 0.3 is 0 Å². The van der Waals surface area contributed by atoms with Crippen molar-refractivity contribution in [2.24, 2.45) is 0 Å². The number of carbonyl (C=O) groups excluding carboxylic acids is 1. The minimum atomic E-state index is -1.14. The number of amides is 1. The number of halogens is 1. The van der Waals surface area contributed by atoms with Crippen LogP contribution in [-0.4, -0.2) is 48.3 Å². The lowest BCUT2D eigenvalue weighted by Gasteiger charge is -2.39. The first kappa shape index (κ1) is 18.2. The summed E-state index contributed by atoms with van der Waals surface area (Å²) in [5.41, 5.74) is -0.616. The fraction of sp³-hybridized carbons (Fsp3) is 0.350. The summed E-state index contributed by atoms with van der Waals surface area (Å²) in [5, 5.41) is 10.8. The Labute approximate surface area is 152 Å². The average Bonchev–Trinajstić information content (AvgIpc) is 2.67. The first-order valence-electron chi connectivity index (χ1n) is 8.53. The molecule has 2 aromatic rings. The highest BCUT2D eigenvalue weighted by Crippen LogP contribution is 2.25. The first-order valence-corrected chi connectivity index (χ1v) is 8.53. The van der Waals surface area contributed by atoms with Crippen LogP contribution >= 0.6 is 0 Å². The number of rotatable bonds is 5. The Bertz CT molecular complexity index is 765. The van der Waals surface area contributed by atoms with E-state index in [0.29, 0.717) is 36.4 Å². The number of benzene rings is 2.